The zero-order valence-electron chi connectivity index (χ0n) is 27.0. The van der Waals surface area contributed by atoms with Crippen LogP contribution in [-0.4, -0.2) is 40.3 Å². The fourth-order valence-electron chi connectivity index (χ4n) is 9.02. The molecule has 0 spiro atoms. The molecule has 4 aliphatic rings. The van der Waals surface area contributed by atoms with E-state index in [0.29, 0.717) is 34.8 Å². The molecule has 8 unspecified atom stereocenters. The van der Waals surface area contributed by atoms with E-state index in [2.05, 4.69) is 63.6 Å². The fraction of sp³-hybridized carbons (Fsp3) is 0.667. The minimum absolute atomic E-state index is 0.103. The van der Waals surface area contributed by atoms with Crippen LogP contribution >= 0.6 is 0 Å². The summed E-state index contributed by atoms with van der Waals surface area (Å²) < 4.78 is 11.7. The van der Waals surface area contributed by atoms with Crippen molar-refractivity contribution in [2.45, 2.75) is 116 Å². The average Bonchev–Trinajstić information content (AvgIpc) is 3.72. The van der Waals surface area contributed by atoms with Gasteiger partial charge in [-0.15, -0.1) is 0 Å². The number of ether oxygens (including phenoxy) is 2. The van der Waals surface area contributed by atoms with E-state index >= 15 is 0 Å². The molecule has 4 bridgehead atoms. The van der Waals surface area contributed by atoms with Gasteiger partial charge in [-0.25, -0.2) is 9.59 Å². The second kappa shape index (κ2) is 12.2. The van der Waals surface area contributed by atoms with Gasteiger partial charge in [-0.1, -0.05) is 98.9 Å². The average molecular weight is 607 g/mol. The number of hydrogen-bond acceptors (Lipinski definition) is 4. The first-order valence-electron chi connectivity index (χ1n) is 16.6. The Balaban J connectivity index is 1.13. The van der Waals surface area contributed by atoms with Gasteiger partial charge in [0, 0.05) is 11.1 Å². The number of rotatable bonds is 12. The minimum Gasteiger partial charge on any atom is -0.459 e. The number of esters is 2. The molecule has 0 amide bonds. The van der Waals surface area contributed by atoms with Crippen molar-refractivity contribution in [3.8, 4) is 0 Å². The lowest BCUT2D eigenvalue weighted by Gasteiger charge is -2.33. The lowest BCUT2D eigenvalue weighted by molar-refractivity contribution is -0.148. The van der Waals surface area contributed by atoms with Gasteiger partial charge in [-0.2, -0.15) is 0 Å². The van der Waals surface area contributed by atoms with E-state index in [0.717, 1.165) is 24.7 Å². The van der Waals surface area contributed by atoms with Crippen LogP contribution in [0.25, 0.3) is 0 Å². The summed E-state index contributed by atoms with van der Waals surface area (Å²) in [4.78, 5) is 24.3. The lowest BCUT2D eigenvalue weighted by atomic mass is 9.85. The molecule has 0 aliphatic heterocycles. The third-order valence-corrected chi connectivity index (χ3v) is 18.6. The van der Waals surface area contributed by atoms with Crippen LogP contribution in [0.3, 0.4) is 0 Å². The summed E-state index contributed by atoms with van der Waals surface area (Å²) in [6.07, 6.45) is 9.92. The van der Waals surface area contributed by atoms with Gasteiger partial charge in [-0.3, -0.25) is 0 Å². The van der Waals surface area contributed by atoms with E-state index in [9.17, 15) is 9.59 Å². The van der Waals surface area contributed by atoms with E-state index in [1.54, 1.807) is 24.2 Å². The summed E-state index contributed by atoms with van der Waals surface area (Å²) in [5, 5.41) is 3.14. The Morgan fingerprint density at radius 2 is 1.02 bits per heavy atom. The van der Waals surface area contributed by atoms with Crippen molar-refractivity contribution in [3.05, 3.63) is 48.6 Å². The van der Waals surface area contributed by atoms with E-state index in [1.165, 1.54) is 50.6 Å². The van der Waals surface area contributed by atoms with E-state index < -0.39 is 16.1 Å². The van der Waals surface area contributed by atoms with Crippen LogP contribution in [0.1, 0.15) is 65.2 Å². The zero-order valence-corrected chi connectivity index (χ0v) is 29.0. The van der Waals surface area contributed by atoms with Crippen molar-refractivity contribution in [1.82, 2.24) is 0 Å². The summed E-state index contributed by atoms with van der Waals surface area (Å²) in [7, 11) is -3.12. The van der Waals surface area contributed by atoms with Crippen LogP contribution in [0.15, 0.2) is 48.6 Å². The van der Waals surface area contributed by atoms with Gasteiger partial charge in [-0.05, 0) is 87.9 Å². The smallest absolute Gasteiger partial charge is 0.333 e. The third kappa shape index (κ3) is 6.75. The maximum atomic E-state index is 12.2. The van der Waals surface area contributed by atoms with Crippen molar-refractivity contribution < 1.29 is 19.1 Å². The third-order valence-electron chi connectivity index (χ3n) is 11.7. The second-order valence-corrected chi connectivity index (χ2v) is 25.6. The molecule has 6 heteroatoms. The highest BCUT2D eigenvalue weighted by atomic mass is 28.3. The Morgan fingerprint density at radius 3 is 1.33 bits per heavy atom. The van der Waals surface area contributed by atoms with Crippen LogP contribution in [0.2, 0.25) is 38.3 Å². The van der Waals surface area contributed by atoms with Gasteiger partial charge in [0.2, 0.25) is 0 Å². The molecule has 230 valence electrons. The molecule has 4 saturated carbocycles. The standard InChI is InChI=1S/C36H54O4Si2/c1-23(2)35(37)39-33-21-25-17-27(31(33)19-25)13-15-41(5,6)29-9-11-30(12-10-29)42(7,8)16-14-28-18-26-20-32(28)34(22-26)40-36(38)24(3)4/h9-12,25-28,31-34H,1,3,13-22H2,2,4-8H3. The highest BCUT2D eigenvalue weighted by molar-refractivity contribution is 6.91. The molecule has 0 heterocycles. The van der Waals surface area contributed by atoms with Gasteiger partial charge in [0.1, 0.15) is 12.2 Å². The van der Waals surface area contributed by atoms with Crippen molar-refractivity contribution in [2.75, 3.05) is 0 Å². The summed E-state index contributed by atoms with van der Waals surface area (Å²) in [6, 6.07) is 12.4. The molecule has 4 aliphatic carbocycles. The Hall–Kier alpha value is -1.93. The molecule has 0 radical (unpaired) electrons. The molecule has 1 aromatic carbocycles. The summed E-state index contributed by atoms with van der Waals surface area (Å²) in [5.41, 5.74) is 1.02. The van der Waals surface area contributed by atoms with Crippen LogP contribution in [0.4, 0.5) is 0 Å². The topological polar surface area (TPSA) is 52.6 Å². The molecular weight excluding hydrogens is 553 g/mol. The van der Waals surface area contributed by atoms with Gasteiger partial charge in [0.05, 0.1) is 16.1 Å². The number of fused-ring (bicyclic) bond motifs is 4. The largest absolute Gasteiger partial charge is 0.459 e. The summed E-state index contributed by atoms with van der Waals surface area (Å²) in [5.74, 6) is 3.51. The first-order chi connectivity index (χ1) is 19.7. The van der Waals surface area contributed by atoms with Crippen molar-refractivity contribution in [3.63, 3.8) is 0 Å². The Bertz CT molecular complexity index is 1110. The number of carbonyl (C=O) groups excluding carboxylic acids is 2. The monoisotopic (exact) mass is 606 g/mol. The first kappa shape index (κ1) is 31.5. The van der Waals surface area contributed by atoms with Crippen molar-refractivity contribution in [2.24, 2.45) is 35.5 Å². The summed E-state index contributed by atoms with van der Waals surface area (Å²) >= 11 is 0. The minimum atomic E-state index is -1.56. The number of hydrogen-bond donors (Lipinski definition) is 0. The van der Waals surface area contributed by atoms with E-state index in [-0.39, 0.29) is 24.1 Å². The van der Waals surface area contributed by atoms with Gasteiger partial charge in [0.25, 0.3) is 0 Å². The SMILES string of the molecule is C=C(C)C(=O)OC1CC2CC(CC[Si](C)(C)c3ccc([Si](C)(C)CCC4CC5CC(OC(=O)C(=C)C)C4C5)cc3)C1C2. The van der Waals surface area contributed by atoms with E-state index in [4.69, 9.17) is 9.47 Å². The molecule has 42 heavy (non-hydrogen) atoms. The van der Waals surface area contributed by atoms with Crippen LogP contribution < -0.4 is 10.4 Å². The van der Waals surface area contributed by atoms with Crippen molar-refractivity contribution in [1.29, 1.82) is 0 Å². The van der Waals surface area contributed by atoms with Crippen LogP contribution in [0.5, 0.6) is 0 Å². The van der Waals surface area contributed by atoms with Gasteiger partial charge in [0.15, 0.2) is 0 Å². The molecule has 8 atom stereocenters. The van der Waals surface area contributed by atoms with Crippen LogP contribution in [-0.2, 0) is 19.1 Å². The normalized spacial score (nSPS) is 31.8. The molecule has 4 fully saturated rings. The predicted octanol–water partition coefficient (Wildman–Crippen LogP) is 7.37. The van der Waals surface area contributed by atoms with Crippen LogP contribution in [0, 0.1) is 35.5 Å². The fourth-order valence-corrected chi connectivity index (χ4v) is 13.9. The molecule has 1 aromatic rings. The molecule has 0 aromatic heterocycles. The second-order valence-electron chi connectivity index (χ2n) is 15.9. The molecule has 5 rings (SSSR count). The zero-order chi connectivity index (χ0) is 30.4. The molecule has 4 nitrogen and oxygen atoms in total. The molecule has 0 N–H and O–H groups in total. The Labute approximate surface area is 256 Å². The highest BCUT2D eigenvalue weighted by Crippen LogP contribution is 2.53. The van der Waals surface area contributed by atoms with Gasteiger partial charge < -0.3 is 9.47 Å². The van der Waals surface area contributed by atoms with Crippen molar-refractivity contribution >= 4 is 38.5 Å². The predicted molar refractivity (Wildman–Crippen MR) is 178 cm³/mol. The molecular formula is C36H54O4Si2. The van der Waals surface area contributed by atoms with E-state index in [1.807, 2.05) is 0 Å². The molecule has 0 saturated heterocycles. The summed E-state index contributed by atoms with van der Waals surface area (Å²) in [6.45, 7) is 21.2. The van der Waals surface area contributed by atoms with Gasteiger partial charge >= 0.3 is 11.9 Å². The maximum absolute atomic E-state index is 12.2. The Kier molecular flexibility index (Phi) is 9.17. The number of benzene rings is 1. The quantitative estimate of drug-likeness (QED) is 0.142. The first-order valence-corrected chi connectivity index (χ1v) is 23.0. The Morgan fingerprint density at radius 1 is 0.667 bits per heavy atom. The number of carbonyl (C=O) groups is 2. The lowest BCUT2D eigenvalue weighted by Crippen LogP contribution is -2.46. The highest BCUT2D eigenvalue weighted by Gasteiger charge is 2.49. The maximum Gasteiger partial charge on any atom is 0.333 e.